The summed E-state index contributed by atoms with van der Waals surface area (Å²) < 4.78 is 0. The van der Waals surface area contributed by atoms with Crippen molar-refractivity contribution in [2.45, 2.75) is 26.0 Å². The first-order chi connectivity index (χ1) is 9.50. The number of pyridine rings is 1. The molecule has 0 saturated heterocycles. The fraction of sp³-hybridized carbons (Fsp3) is 0.312. The number of rotatable bonds is 5. The Bertz CT molecular complexity index is 584. The molecular weight excluding hydrogens is 272 g/mol. The zero-order valence-corrected chi connectivity index (χ0v) is 12.5. The van der Waals surface area contributed by atoms with Crippen LogP contribution in [0.2, 0.25) is 5.02 Å². The zero-order valence-electron chi connectivity index (χ0n) is 11.7. The lowest BCUT2D eigenvalue weighted by Crippen LogP contribution is -2.35. The third-order valence-electron chi connectivity index (χ3n) is 3.36. The van der Waals surface area contributed by atoms with E-state index in [-0.39, 0.29) is 0 Å². The van der Waals surface area contributed by atoms with Gasteiger partial charge in [-0.1, -0.05) is 35.9 Å². The van der Waals surface area contributed by atoms with Crippen LogP contribution < -0.4 is 5.32 Å². The topological polar surface area (TPSA) is 45.2 Å². The van der Waals surface area contributed by atoms with Gasteiger partial charge in [-0.2, -0.15) is 0 Å². The second-order valence-corrected chi connectivity index (χ2v) is 5.51. The summed E-state index contributed by atoms with van der Waals surface area (Å²) in [5.41, 5.74) is 1.85. The Kier molecular flexibility index (Phi) is 4.76. The third-order valence-corrected chi connectivity index (χ3v) is 3.68. The molecule has 106 valence electrons. The van der Waals surface area contributed by atoms with Crippen molar-refractivity contribution < 1.29 is 5.11 Å². The zero-order chi connectivity index (χ0) is 14.6. The summed E-state index contributed by atoms with van der Waals surface area (Å²) in [6, 6.07) is 11.3. The van der Waals surface area contributed by atoms with Crippen molar-refractivity contribution in [1.29, 1.82) is 0 Å². The maximum atomic E-state index is 10.6. The van der Waals surface area contributed by atoms with Gasteiger partial charge < -0.3 is 10.4 Å². The lowest BCUT2D eigenvalue weighted by atomic mass is 9.96. The minimum Gasteiger partial charge on any atom is -0.384 e. The molecule has 0 saturated carbocycles. The maximum Gasteiger partial charge on any atom is 0.101 e. The van der Waals surface area contributed by atoms with Gasteiger partial charge in [0.15, 0.2) is 0 Å². The molecule has 0 radical (unpaired) electrons. The van der Waals surface area contributed by atoms with Gasteiger partial charge in [0.25, 0.3) is 0 Å². The molecule has 0 fully saturated rings. The molecule has 0 amide bonds. The highest BCUT2D eigenvalue weighted by Crippen LogP contribution is 2.27. The first-order valence-corrected chi connectivity index (χ1v) is 6.97. The lowest BCUT2D eigenvalue weighted by molar-refractivity contribution is 0.0567. The number of benzene rings is 1. The van der Waals surface area contributed by atoms with Crippen molar-refractivity contribution in [2.75, 3.05) is 6.54 Å². The van der Waals surface area contributed by atoms with Crippen LogP contribution in [0.3, 0.4) is 0 Å². The molecule has 2 rings (SSSR count). The summed E-state index contributed by atoms with van der Waals surface area (Å²) in [6.07, 6.45) is 1.78. The molecule has 0 aliphatic carbocycles. The summed E-state index contributed by atoms with van der Waals surface area (Å²) >= 11 is 6.13. The number of nitrogens with zero attached hydrogens (tertiary/aromatic N) is 1. The number of aliphatic hydroxyl groups is 1. The van der Waals surface area contributed by atoms with Gasteiger partial charge in [-0.15, -0.1) is 0 Å². The van der Waals surface area contributed by atoms with E-state index in [1.807, 2.05) is 37.3 Å². The number of aryl methyl sites for hydroxylation is 1. The summed E-state index contributed by atoms with van der Waals surface area (Å²) in [5, 5.41) is 14.4. The molecule has 1 aromatic heterocycles. The van der Waals surface area contributed by atoms with Gasteiger partial charge >= 0.3 is 0 Å². The Balaban J connectivity index is 2.00. The Morgan fingerprint density at radius 2 is 2.00 bits per heavy atom. The largest absolute Gasteiger partial charge is 0.384 e. The van der Waals surface area contributed by atoms with Crippen molar-refractivity contribution in [3.63, 3.8) is 0 Å². The van der Waals surface area contributed by atoms with Crippen molar-refractivity contribution in [2.24, 2.45) is 0 Å². The van der Waals surface area contributed by atoms with Crippen LogP contribution in [0.5, 0.6) is 0 Å². The van der Waals surface area contributed by atoms with E-state index in [4.69, 9.17) is 11.6 Å². The monoisotopic (exact) mass is 290 g/mol. The van der Waals surface area contributed by atoms with E-state index in [2.05, 4.69) is 10.3 Å². The van der Waals surface area contributed by atoms with E-state index < -0.39 is 5.60 Å². The predicted octanol–water partition coefficient (Wildman–Crippen LogP) is 3.04. The van der Waals surface area contributed by atoms with Gasteiger partial charge in [0.1, 0.15) is 5.60 Å². The Hall–Kier alpha value is -1.42. The third kappa shape index (κ3) is 3.57. The number of halogens is 1. The number of hydrogen-bond donors (Lipinski definition) is 2. The van der Waals surface area contributed by atoms with Gasteiger partial charge in [-0.3, -0.25) is 4.98 Å². The molecule has 0 aliphatic heterocycles. The summed E-state index contributed by atoms with van der Waals surface area (Å²) in [4.78, 5) is 4.24. The Morgan fingerprint density at radius 3 is 2.70 bits per heavy atom. The number of hydrogen-bond acceptors (Lipinski definition) is 3. The molecule has 2 N–H and O–H groups in total. The lowest BCUT2D eigenvalue weighted by Gasteiger charge is -2.25. The van der Waals surface area contributed by atoms with E-state index in [1.165, 1.54) is 0 Å². The predicted molar refractivity (Wildman–Crippen MR) is 81.7 cm³/mol. The molecule has 3 nitrogen and oxygen atoms in total. The van der Waals surface area contributed by atoms with Crippen LogP contribution in [0.15, 0.2) is 42.6 Å². The van der Waals surface area contributed by atoms with Crippen molar-refractivity contribution in [3.8, 4) is 0 Å². The molecule has 1 heterocycles. The van der Waals surface area contributed by atoms with Gasteiger partial charge in [0.05, 0.1) is 0 Å². The standard InChI is InChI=1S/C16H19ClN2O/c1-12-13(6-5-9-19-12)10-18-11-16(2,20)14-7-3-4-8-15(14)17/h3-9,18,20H,10-11H2,1-2H3/t16-/m0/s1. The molecule has 0 aliphatic rings. The van der Waals surface area contributed by atoms with Crippen molar-refractivity contribution in [3.05, 3.63) is 64.4 Å². The van der Waals surface area contributed by atoms with E-state index in [0.717, 1.165) is 16.8 Å². The van der Waals surface area contributed by atoms with Crippen LogP contribution >= 0.6 is 11.6 Å². The summed E-state index contributed by atoms with van der Waals surface area (Å²) in [6.45, 7) is 4.83. The molecule has 2 aromatic rings. The average Bonchev–Trinajstić information content (AvgIpc) is 2.41. The first kappa shape index (κ1) is 15.0. The molecule has 4 heteroatoms. The van der Waals surface area contributed by atoms with Crippen LogP contribution in [0.4, 0.5) is 0 Å². The molecule has 0 unspecified atom stereocenters. The molecule has 20 heavy (non-hydrogen) atoms. The highest BCUT2D eigenvalue weighted by Gasteiger charge is 2.24. The summed E-state index contributed by atoms with van der Waals surface area (Å²) in [7, 11) is 0. The average molecular weight is 291 g/mol. The second kappa shape index (κ2) is 6.35. The fourth-order valence-electron chi connectivity index (χ4n) is 2.14. The van der Waals surface area contributed by atoms with Crippen molar-refractivity contribution >= 4 is 11.6 Å². The smallest absolute Gasteiger partial charge is 0.101 e. The summed E-state index contributed by atoms with van der Waals surface area (Å²) in [5.74, 6) is 0. The Morgan fingerprint density at radius 1 is 1.25 bits per heavy atom. The molecular formula is C16H19ClN2O. The first-order valence-electron chi connectivity index (χ1n) is 6.59. The quantitative estimate of drug-likeness (QED) is 0.890. The van der Waals surface area contributed by atoms with Crippen LogP contribution in [-0.2, 0) is 12.1 Å². The van der Waals surface area contributed by atoms with E-state index in [1.54, 1.807) is 19.2 Å². The molecule has 0 spiro atoms. The minimum atomic E-state index is -1.01. The number of nitrogens with one attached hydrogen (secondary N) is 1. The normalized spacial score (nSPS) is 14.0. The van der Waals surface area contributed by atoms with Gasteiger partial charge in [-0.25, -0.2) is 0 Å². The SMILES string of the molecule is Cc1ncccc1CNC[C@](C)(O)c1ccccc1Cl. The van der Waals surface area contributed by atoms with Crippen LogP contribution in [-0.4, -0.2) is 16.6 Å². The Labute approximate surface area is 124 Å². The van der Waals surface area contributed by atoms with Gasteiger partial charge in [0, 0.05) is 35.6 Å². The van der Waals surface area contributed by atoms with Crippen LogP contribution in [0.1, 0.15) is 23.7 Å². The van der Waals surface area contributed by atoms with Gasteiger partial charge in [-0.05, 0) is 31.5 Å². The second-order valence-electron chi connectivity index (χ2n) is 5.11. The molecule has 0 bridgehead atoms. The van der Waals surface area contributed by atoms with Crippen LogP contribution in [0, 0.1) is 6.92 Å². The maximum absolute atomic E-state index is 10.6. The van der Waals surface area contributed by atoms with Crippen LogP contribution in [0.25, 0.3) is 0 Å². The van der Waals surface area contributed by atoms with E-state index >= 15 is 0 Å². The number of aromatic nitrogens is 1. The molecule has 1 aromatic carbocycles. The van der Waals surface area contributed by atoms with E-state index in [9.17, 15) is 5.11 Å². The van der Waals surface area contributed by atoms with Gasteiger partial charge in [0.2, 0.25) is 0 Å². The van der Waals surface area contributed by atoms with Crippen molar-refractivity contribution in [1.82, 2.24) is 10.3 Å². The minimum absolute atomic E-state index is 0.422. The highest BCUT2D eigenvalue weighted by molar-refractivity contribution is 6.31. The van der Waals surface area contributed by atoms with E-state index in [0.29, 0.717) is 18.1 Å². The fourth-order valence-corrected chi connectivity index (χ4v) is 2.48. The highest BCUT2D eigenvalue weighted by atomic mass is 35.5. The molecule has 1 atom stereocenters.